The Labute approximate surface area is 101 Å². The van der Waals surface area contributed by atoms with Crippen molar-refractivity contribution in [2.45, 2.75) is 18.3 Å². The average molecular weight is 282 g/mol. The van der Waals surface area contributed by atoms with E-state index in [9.17, 15) is 21.6 Å². The molecule has 0 saturated carbocycles. The minimum atomic E-state index is -5.63. The van der Waals surface area contributed by atoms with Crippen LogP contribution in [0.2, 0.25) is 0 Å². The van der Waals surface area contributed by atoms with Gasteiger partial charge in [-0.15, -0.1) is 0 Å². The van der Waals surface area contributed by atoms with E-state index in [-0.39, 0.29) is 0 Å². The van der Waals surface area contributed by atoms with E-state index in [0.29, 0.717) is 12.4 Å². The maximum atomic E-state index is 12.1. The third kappa shape index (κ3) is 2.53. The number of fused-ring (bicyclic) bond motifs is 1. The van der Waals surface area contributed by atoms with E-state index >= 15 is 0 Å². The Morgan fingerprint density at radius 3 is 2.67 bits per heavy atom. The molecule has 0 fully saturated rings. The van der Waals surface area contributed by atoms with E-state index in [2.05, 4.69) is 4.18 Å². The van der Waals surface area contributed by atoms with Gasteiger partial charge in [0.25, 0.3) is 0 Å². The summed E-state index contributed by atoms with van der Waals surface area (Å²) in [7, 11) is -5.63. The Hall–Kier alpha value is -1.44. The fourth-order valence-corrected chi connectivity index (χ4v) is 2.00. The Balaban J connectivity index is 2.26. The highest BCUT2D eigenvalue weighted by molar-refractivity contribution is 7.87. The van der Waals surface area contributed by atoms with E-state index < -0.39 is 21.4 Å². The fraction of sp³-hybridized carbons (Fsp3) is 0.400. The molecule has 0 spiro atoms. The molecule has 0 saturated heterocycles. The van der Waals surface area contributed by atoms with Crippen molar-refractivity contribution in [1.29, 1.82) is 0 Å². The van der Waals surface area contributed by atoms with Crippen LogP contribution >= 0.6 is 0 Å². The Morgan fingerprint density at radius 2 is 2.00 bits per heavy atom. The molecule has 2 rings (SSSR count). The molecule has 0 bridgehead atoms. The van der Waals surface area contributed by atoms with Gasteiger partial charge in [-0.05, 0) is 24.5 Å². The zero-order valence-corrected chi connectivity index (χ0v) is 9.85. The molecule has 0 unspecified atom stereocenters. The summed E-state index contributed by atoms with van der Waals surface area (Å²) in [6, 6.07) is 3.82. The molecular weight excluding hydrogens is 273 g/mol. The van der Waals surface area contributed by atoms with Gasteiger partial charge in [-0.3, -0.25) is 0 Å². The normalized spacial score (nSPS) is 15.7. The summed E-state index contributed by atoms with van der Waals surface area (Å²) < 4.78 is 67.2. The summed E-state index contributed by atoms with van der Waals surface area (Å²) in [6.07, 6.45) is 1.55. The first-order valence-electron chi connectivity index (χ1n) is 5.06. The monoisotopic (exact) mass is 282 g/mol. The zero-order valence-electron chi connectivity index (χ0n) is 9.03. The van der Waals surface area contributed by atoms with Gasteiger partial charge < -0.3 is 8.92 Å². The summed E-state index contributed by atoms with van der Waals surface area (Å²) in [5.41, 5.74) is -4.62. The van der Waals surface area contributed by atoms with E-state index in [1.165, 1.54) is 12.1 Å². The van der Waals surface area contributed by atoms with E-state index in [0.717, 1.165) is 24.5 Å². The van der Waals surface area contributed by atoms with E-state index in [1.54, 1.807) is 0 Å². The van der Waals surface area contributed by atoms with Crippen molar-refractivity contribution in [3.8, 4) is 11.5 Å². The third-order valence-electron chi connectivity index (χ3n) is 2.38. The van der Waals surface area contributed by atoms with Gasteiger partial charge in [0.15, 0.2) is 0 Å². The Bertz CT molecular complexity index is 551. The van der Waals surface area contributed by atoms with Crippen molar-refractivity contribution >= 4 is 10.1 Å². The average Bonchev–Trinajstić information content (AvgIpc) is 2.27. The zero-order chi connectivity index (χ0) is 13.4. The van der Waals surface area contributed by atoms with Gasteiger partial charge in [0.05, 0.1) is 6.61 Å². The first-order valence-corrected chi connectivity index (χ1v) is 6.47. The summed E-state index contributed by atoms with van der Waals surface area (Å²) in [5.74, 6) is -0.0518. The number of hydrogen-bond donors (Lipinski definition) is 0. The second-order valence-corrected chi connectivity index (χ2v) is 5.24. The van der Waals surface area contributed by atoms with E-state index in [4.69, 9.17) is 4.74 Å². The van der Waals surface area contributed by atoms with Gasteiger partial charge >= 0.3 is 15.6 Å². The number of aryl methyl sites for hydroxylation is 1. The van der Waals surface area contributed by atoms with Crippen molar-refractivity contribution in [3.05, 3.63) is 23.8 Å². The first-order chi connectivity index (χ1) is 8.29. The van der Waals surface area contributed by atoms with Crippen LogP contribution in [0, 0.1) is 0 Å². The highest BCUT2D eigenvalue weighted by Crippen LogP contribution is 2.32. The lowest BCUT2D eigenvalue weighted by molar-refractivity contribution is -0.0500. The van der Waals surface area contributed by atoms with Crippen molar-refractivity contribution < 1.29 is 30.5 Å². The molecule has 1 aromatic rings. The second-order valence-electron chi connectivity index (χ2n) is 3.70. The van der Waals surface area contributed by atoms with Crippen LogP contribution < -0.4 is 8.92 Å². The summed E-state index contributed by atoms with van der Waals surface area (Å²) >= 11 is 0. The number of ether oxygens (including phenoxy) is 1. The highest BCUT2D eigenvalue weighted by atomic mass is 32.2. The summed E-state index contributed by atoms with van der Waals surface area (Å²) in [6.45, 7) is 0.447. The lowest BCUT2D eigenvalue weighted by atomic mass is 10.1. The van der Waals surface area contributed by atoms with Crippen LogP contribution in [0.4, 0.5) is 13.2 Å². The SMILES string of the molecule is O=S(=O)(Oc1ccc2c(c1)OCCC2)C(F)(F)F. The molecule has 8 heteroatoms. The van der Waals surface area contributed by atoms with Crippen LogP contribution in [-0.2, 0) is 16.5 Å². The van der Waals surface area contributed by atoms with Crippen molar-refractivity contribution in [2.75, 3.05) is 6.61 Å². The summed E-state index contributed by atoms with van der Waals surface area (Å²) in [4.78, 5) is 0. The number of hydrogen-bond acceptors (Lipinski definition) is 4. The molecule has 4 nitrogen and oxygen atoms in total. The molecule has 0 aromatic heterocycles. The molecule has 0 atom stereocenters. The minimum Gasteiger partial charge on any atom is -0.493 e. The molecule has 0 amide bonds. The standard InChI is InChI=1S/C10H9F3O4S/c11-10(12,13)18(14,15)17-8-4-3-7-2-1-5-16-9(7)6-8/h3-4,6H,1-2,5H2. The highest BCUT2D eigenvalue weighted by Gasteiger charge is 2.48. The molecule has 0 radical (unpaired) electrons. The second kappa shape index (κ2) is 4.34. The fourth-order valence-electron chi connectivity index (χ4n) is 1.55. The molecule has 1 heterocycles. The predicted octanol–water partition coefficient (Wildman–Crippen LogP) is 2.24. The largest absolute Gasteiger partial charge is 0.534 e. The number of benzene rings is 1. The minimum absolute atomic E-state index is 0.358. The summed E-state index contributed by atoms with van der Waals surface area (Å²) in [5, 5.41) is 0. The number of alkyl halides is 3. The van der Waals surface area contributed by atoms with E-state index in [1.807, 2.05) is 0 Å². The lowest BCUT2D eigenvalue weighted by Gasteiger charge is -2.18. The van der Waals surface area contributed by atoms with Crippen LogP contribution in [-0.4, -0.2) is 20.5 Å². The van der Waals surface area contributed by atoms with Gasteiger partial charge in [-0.2, -0.15) is 21.6 Å². The van der Waals surface area contributed by atoms with Crippen LogP contribution in [0.25, 0.3) is 0 Å². The van der Waals surface area contributed by atoms with Crippen LogP contribution in [0.3, 0.4) is 0 Å². The maximum Gasteiger partial charge on any atom is 0.534 e. The van der Waals surface area contributed by atoms with Crippen LogP contribution in [0.1, 0.15) is 12.0 Å². The number of rotatable bonds is 2. The first kappa shape index (κ1) is 13.0. The molecule has 18 heavy (non-hydrogen) atoms. The van der Waals surface area contributed by atoms with Crippen LogP contribution in [0.5, 0.6) is 11.5 Å². The molecule has 100 valence electrons. The topological polar surface area (TPSA) is 52.6 Å². The maximum absolute atomic E-state index is 12.1. The number of halogens is 3. The molecule has 1 aromatic carbocycles. The third-order valence-corrected chi connectivity index (χ3v) is 3.35. The van der Waals surface area contributed by atoms with Crippen molar-refractivity contribution in [1.82, 2.24) is 0 Å². The smallest absolute Gasteiger partial charge is 0.493 e. The van der Waals surface area contributed by atoms with Gasteiger partial charge in [0.2, 0.25) is 0 Å². The van der Waals surface area contributed by atoms with Crippen molar-refractivity contribution in [2.24, 2.45) is 0 Å². The molecule has 1 aliphatic rings. The Morgan fingerprint density at radius 1 is 1.28 bits per heavy atom. The molecule has 1 aliphatic heterocycles. The lowest BCUT2D eigenvalue weighted by Crippen LogP contribution is -2.28. The molecular formula is C10H9F3O4S. The van der Waals surface area contributed by atoms with Gasteiger partial charge in [0.1, 0.15) is 11.5 Å². The predicted molar refractivity (Wildman–Crippen MR) is 55.9 cm³/mol. The van der Waals surface area contributed by atoms with Crippen molar-refractivity contribution in [3.63, 3.8) is 0 Å². The van der Waals surface area contributed by atoms with Gasteiger partial charge in [-0.1, -0.05) is 6.07 Å². The molecule has 0 N–H and O–H groups in total. The van der Waals surface area contributed by atoms with Gasteiger partial charge in [-0.25, -0.2) is 0 Å². The van der Waals surface area contributed by atoms with Gasteiger partial charge in [0, 0.05) is 6.07 Å². The molecule has 0 aliphatic carbocycles. The van der Waals surface area contributed by atoms with Crippen LogP contribution in [0.15, 0.2) is 18.2 Å². The quantitative estimate of drug-likeness (QED) is 0.616. The Kier molecular flexibility index (Phi) is 3.14.